The predicted octanol–water partition coefficient (Wildman–Crippen LogP) is 7.98. The zero-order chi connectivity index (χ0) is 26.2. The van der Waals surface area contributed by atoms with E-state index in [1.54, 1.807) is 17.0 Å². The van der Waals surface area contributed by atoms with Crippen LogP contribution in [0.4, 0.5) is 21.9 Å². The second-order valence-corrected chi connectivity index (χ2v) is 9.45. The molecule has 5 aromatic rings. The van der Waals surface area contributed by atoms with Gasteiger partial charge in [-0.1, -0.05) is 89.9 Å². The van der Waals surface area contributed by atoms with Gasteiger partial charge in [-0.3, -0.25) is 4.90 Å². The molecular formula is C30H19Cl2N5O. The number of urea groups is 1. The van der Waals surface area contributed by atoms with Crippen LogP contribution < -0.4 is 14.9 Å². The summed E-state index contributed by atoms with van der Waals surface area (Å²) in [5, 5.41) is 14.9. The third-order valence-electron chi connectivity index (χ3n) is 6.45. The molecule has 6 rings (SSSR count). The van der Waals surface area contributed by atoms with E-state index in [0.717, 1.165) is 11.3 Å². The molecule has 1 fully saturated rings. The fourth-order valence-corrected chi connectivity index (χ4v) is 5.16. The molecule has 4 aromatic carbocycles. The molecule has 38 heavy (non-hydrogen) atoms. The molecule has 1 unspecified atom stereocenters. The van der Waals surface area contributed by atoms with Crippen molar-refractivity contribution in [3.8, 4) is 6.07 Å². The van der Waals surface area contributed by atoms with Crippen LogP contribution in [0.2, 0.25) is 10.2 Å². The summed E-state index contributed by atoms with van der Waals surface area (Å²) in [5.74, 6) is 0. The molecule has 1 aliphatic rings. The predicted molar refractivity (Wildman–Crippen MR) is 151 cm³/mol. The highest BCUT2D eigenvalue weighted by Crippen LogP contribution is 2.46. The van der Waals surface area contributed by atoms with Crippen LogP contribution in [0.3, 0.4) is 0 Å². The summed E-state index contributed by atoms with van der Waals surface area (Å²) in [5.41, 5.74) is 3.34. The number of carbonyl (C=O) groups excluding carboxylic acids is 1. The number of halogens is 2. The van der Waals surface area contributed by atoms with Crippen molar-refractivity contribution in [1.82, 2.24) is 4.98 Å². The van der Waals surface area contributed by atoms with Gasteiger partial charge in [0.05, 0.1) is 16.9 Å². The number of hydrazine groups is 1. The third-order valence-corrected chi connectivity index (χ3v) is 6.97. The molecule has 6 nitrogen and oxygen atoms in total. The van der Waals surface area contributed by atoms with Crippen molar-refractivity contribution >= 4 is 57.2 Å². The van der Waals surface area contributed by atoms with Gasteiger partial charge in [-0.25, -0.2) is 14.8 Å². The lowest BCUT2D eigenvalue weighted by atomic mass is 10.1. The zero-order valence-electron chi connectivity index (χ0n) is 19.9. The molecule has 2 amide bonds. The Balaban J connectivity index is 1.69. The van der Waals surface area contributed by atoms with Crippen LogP contribution in [0.15, 0.2) is 109 Å². The second-order valence-electron chi connectivity index (χ2n) is 8.66. The average Bonchev–Trinajstić information content (AvgIpc) is 3.26. The van der Waals surface area contributed by atoms with Crippen LogP contribution in [0.25, 0.3) is 10.9 Å². The zero-order valence-corrected chi connectivity index (χ0v) is 21.4. The van der Waals surface area contributed by atoms with Crippen molar-refractivity contribution in [3.63, 3.8) is 0 Å². The first-order valence-electron chi connectivity index (χ1n) is 11.8. The SMILES string of the molecule is N#Cc1c(Cl)nc2ccccc2c1N1C(=O)N(c2ccccc2)C(c2ccc(Cl)cc2)N1c1ccccc1. The Morgan fingerprint density at radius 3 is 2.03 bits per heavy atom. The topological polar surface area (TPSA) is 63.5 Å². The van der Waals surface area contributed by atoms with Crippen LogP contribution >= 0.6 is 23.2 Å². The highest BCUT2D eigenvalue weighted by atomic mass is 35.5. The molecule has 184 valence electrons. The minimum Gasteiger partial charge on any atom is -0.265 e. The fraction of sp³-hybridized carbons (Fsp3) is 0.0333. The molecule has 0 N–H and O–H groups in total. The fourth-order valence-electron chi connectivity index (χ4n) is 4.81. The molecular weight excluding hydrogens is 517 g/mol. The molecule has 1 aliphatic heterocycles. The Bertz CT molecular complexity index is 1690. The highest BCUT2D eigenvalue weighted by molar-refractivity contribution is 6.32. The number of carbonyl (C=O) groups is 1. The van der Waals surface area contributed by atoms with E-state index >= 15 is 0 Å². The number of aromatic nitrogens is 1. The smallest absolute Gasteiger partial charge is 0.265 e. The molecule has 0 radical (unpaired) electrons. The van der Waals surface area contributed by atoms with Crippen LogP contribution in [0, 0.1) is 11.3 Å². The Kier molecular flexibility index (Phi) is 6.09. The summed E-state index contributed by atoms with van der Waals surface area (Å²) in [6.45, 7) is 0. The standard InChI is InChI=1S/C30H19Cl2N5O/c31-21-17-15-20(16-18-21)29-35(22-9-3-1-4-10-22)30(38)37(36(29)23-11-5-2-6-12-23)27-24-13-7-8-14-26(24)34-28(32)25(27)19-33/h1-18,29H. The quantitative estimate of drug-likeness (QED) is 0.219. The lowest BCUT2D eigenvalue weighted by molar-refractivity contribution is 0.255. The molecule has 0 bridgehead atoms. The number of benzene rings is 4. The maximum Gasteiger partial charge on any atom is 0.350 e. The first kappa shape index (κ1) is 23.8. The van der Waals surface area contributed by atoms with E-state index in [-0.39, 0.29) is 16.7 Å². The van der Waals surface area contributed by atoms with Gasteiger partial charge >= 0.3 is 6.03 Å². The number of para-hydroxylation sites is 3. The Morgan fingerprint density at radius 1 is 0.763 bits per heavy atom. The van der Waals surface area contributed by atoms with Crippen molar-refractivity contribution in [3.05, 3.63) is 130 Å². The summed E-state index contributed by atoms with van der Waals surface area (Å²) in [6.07, 6.45) is -0.596. The maximum absolute atomic E-state index is 14.6. The highest BCUT2D eigenvalue weighted by Gasteiger charge is 2.48. The van der Waals surface area contributed by atoms with Gasteiger partial charge in [0, 0.05) is 16.1 Å². The summed E-state index contributed by atoms with van der Waals surface area (Å²) < 4.78 is 0. The van der Waals surface area contributed by atoms with Gasteiger partial charge in [0.15, 0.2) is 6.17 Å². The molecule has 0 saturated carbocycles. The molecule has 2 heterocycles. The summed E-state index contributed by atoms with van der Waals surface area (Å²) in [6, 6.07) is 35.6. The van der Waals surface area contributed by atoms with Gasteiger partial charge < -0.3 is 0 Å². The van der Waals surface area contributed by atoms with Gasteiger partial charge in [-0.15, -0.1) is 0 Å². The van der Waals surface area contributed by atoms with Crippen LogP contribution in [-0.4, -0.2) is 11.0 Å². The number of hydrogen-bond acceptors (Lipinski definition) is 4. The van der Waals surface area contributed by atoms with Gasteiger partial charge in [-0.2, -0.15) is 10.3 Å². The van der Waals surface area contributed by atoms with Crippen molar-refractivity contribution < 1.29 is 4.79 Å². The van der Waals surface area contributed by atoms with Crippen molar-refractivity contribution in [1.29, 1.82) is 5.26 Å². The van der Waals surface area contributed by atoms with Gasteiger partial charge in [0.1, 0.15) is 16.8 Å². The van der Waals surface area contributed by atoms with Crippen molar-refractivity contribution in [2.24, 2.45) is 0 Å². The van der Waals surface area contributed by atoms with E-state index in [1.165, 1.54) is 5.01 Å². The number of anilines is 3. The first-order chi connectivity index (χ1) is 18.6. The molecule has 8 heteroatoms. The molecule has 1 atom stereocenters. The van der Waals surface area contributed by atoms with Crippen LogP contribution in [0.1, 0.15) is 17.3 Å². The number of pyridine rings is 1. The molecule has 1 aromatic heterocycles. The minimum atomic E-state index is -0.596. The lowest BCUT2D eigenvalue weighted by Gasteiger charge is -2.34. The van der Waals surface area contributed by atoms with E-state index < -0.39 is 6.17 Å². The van der Waals surface area contributed by atoms with E-state index in [2.05, 4.69) is 11.1 Å². The van der Waals surface area contributed by atoms with Crippen LogP contribution in [0.5, 0.6) is 0 Å². The normalized spacial score (nSPS) is 15.2. The van der Waals surface area contributed by atoms with E-state index in [9.17, 15) is 10.1 Å². The molecule has 0 spiro atoms. The molecule has 0 aliphatic carbocycles. The van der Waals surface area contributed by atoms with Gasteiger partial charge in [-0.05, 0) is 48.0 Å². The van der Waals surface area contributed by atoms with Gasteiger partial charge in [0.2, 0.25) is 0 Å². The van der Waals surface area contributed by atoms with Crippen molar-refractivity contribution in [2.45, 2.75) is 6.17 Å². The largest absolute Gasteiger partial charge is 0.350 e. The van der Waals surface area contributed by atoms with E-state index in [1.807, 2.05) is 102 Å². The third kappa shape index (κ3) is 3.90. The Morgan fingerprint density at radius 2 is 1.37 bits per heavy atom. The number of nitrogens with zero attached hydrogens (tertiary/aromatic N) is 5. The summed E-state index contributed by atoms with van der Waals surface area (Å²) in [7, 11) is 0. The van der Waals surface area contributed by atoms with Gasteiger partial charge in [0.25, 0.3) is 0 Å². The maximum atomic E-state index is 14.6. The number of fused-ring (bicyclic) bond motifs is 1. The van der Waals surface area contributed by atoms with Crippen LogP contribution in [-0.2, 0) is 0 Å². The number of nitriles is 1. The Labute approximate surface area is 229 Å². The molecule has 1 saturated heterocycles. The minimum absolute atomic E-state index is 0.0308. The number of rotatable bonds is 4. The summed E-state index contributed by atoms with van der Waals surface area (Å²) in [4.78, 5) is 20.7. The van der Waals surface area contributed by atoms with Crippen molar-refractivity contribution in [2.75, 3.05) is 14.9 Å². The van der Waals surface area contributed by atoms with E-state index in [0.29, 0.717) is 27.3 Å². The first-order valence-corrected chi connectivity index (χ1v) is 12.6. The lowest BCUT2D eigenvalue weighted by Crippen LogP contribution is -2.40. The second kappa shape index (κ2) is 9.71. The summed E-state index contributed by atoms with van der Waals surface area (Å²) >= 11 is 12.8. The Hall–Kier alpha value is -4.57. The monoisotopic (exact) mass is 535 g/mol. The number of hydrogen-bond donors (Lipinski definition) is 0. The van der Waals surface area contributed by atoms with E-state index in [4.69, 9.17) is 23.2 Å². The number of amides is 2. The average molecular weight is 536 g/mol.